The van der Waals surface area contributed by atoms with Gasteiger partial charge in [0, 0.05) is 11.0 Å². The Morgan fingerprint density at radius 3 is 2.19 bits per heavy atom. The van der Waals surface area contributed by atoms with Crippen molar-refractivity contribution in [1.29, 1.82) is 0 Å². The molecule has 8 heteroatoms. The molecule has 1 aliphatic carbocycles. The highest BCUT2D eigenvalue weighted by Crippen LogP contribution is 2.28. The Labute approximate surface area is 95.6 Å². The molecule has 2 atom stereocenters. The molecule has 88 valence electrons. The number of nitro groups is 1. The van der Waals surface area contributed by atoms with Gasteiger partial charge in [0.1, 0.15) is 0 Å². The standard InChI is InChI=1S/C8H7NO6.ClH/c10-6(11)5-3-1-2-4-8(5,7(12)13)9(14)15;/h1-5H,(H,10,11)(H,12,13);1H. The number of halogens is 1. The van der Waals surface area contributed by atoms with Gasteiger partial charge in [0.05, 0.1) is 0 Å². The van der Waals surface area contributed by atoms with Gasteiger partial charge in [-0.15, -0.1) is 12.4 Å². The van der Waals surface area contributed by atoms with Crippen LogP contribution in [0.4, 0.5) is 0 Å². The fraction of sp³-hybridized carbons (Fsp3) is 0.250. The van der Waals surface area contributed by atoms with E-state index in [1.165, 1.54) is 6.08 Å². The van der Waals surface area contributed by atoms with Crippen molar-refractivity contribution in [1.82, 2.24) is 0 Å². The molecule has 2 unspecified atom stereocenters. The summed E-state index contributed by atoms with van der Waals surface area (Å²) in [6, 6.07) is 0. The van der Waals surface area contributed by atoms with Crippen molar-refractivity contribution in [2.24, 2.45) is 5.92 Å². The first-order valence-corrected chi connectivity index (χ1v) is 3.89. The van der Waals surface area contributed by atoms with E-state index in [1.54, 1.807) is 0 Å². The molecule has 1 aliphatic rings. The van der Waals surface area contributed by atoms with Gasteiger partial charge in [-0.05, 0) is 0 Å². The van der Waals surface area contributed by atoms with Crippen LogP contribution in [0.25, 0.3) is 0 Å². The van der Waals surface area contributed by atoms with E-state index in [-0.39, 0.29) is 12.4 Å². The van der Waals surface area contributed by atoms with Gasteiger partial charge in [0.15, 0.2) is 5.92 Å². The minimum absolute atomic E-state index is 0. The van der Waals surface area contributed by atoms with E-state index in [1.807, 2.05) is 0 Å². The maximum Gasteiger partial charge on any atom is 0.388 e. The molecule has 7 nitrogen and oxygen atoms in total. The molecule has 0 aromatic rings. The number of nitrogens with zero attached hydrogens (tertiary/aromatic N) is 1. The number of aliphatic carboxylic acids is 2. The summed E-state index contributed by atoms with van der Waals surface area (Å²) in [5, 5.41) is 28.2. The van der Waals surface area contributed by atoms with E-state index >= 15 is 0 Å². The lowest BCUT2D eigenvalue weighted by Crippen LogP contribution is -2.53. The van der Waals surface area contributed by atoms with Crippen molar-refractivity contribution in [3.05, 3.63) is 34.4 Å². The Balaban J connectivity index is 0.00000225. The summed E-state index contributed by atoms with van der Waals surface area (Å²) >= 11 is 0. The van der Waals surface area contributed by atoms with Crippen LogP contribution in [0.3, 0.4) is 0 Å². The second-order valence-electron chi connectivity index (χ2n) is 2.95. The SMILES string of the molecule is Cl.O=C(O)C1C=CC=CC1(C(=O)O)[N+](=O)[O-]. The molecule has 0 radical (unpaired) electrons. The van der Waals surface area contributed by atoms with Gasteiger partial charge < -0.3 is 10.2 Å². The summed E-state index contributed by atoms with van der Waals surface area (Å²) in [6.07, 6.45) is 4.17. The number of hydrogen-bond acceptors (Lipinski definition) is 4. The molecule has 0 bridgehead atoms. The van der Waals surface area contributed by atoms with Gasteiger partial charge in [-0.1, -0.05) is 18.2 Å². The molecular weight excluding hydrogens is 242 g/mol. The van der Waals surface area contributed by atoms with Crippen molar-refractivity contribution >= 4 is 24.3 Å². The predicted octanol–water partition coefficient (Wildman–Crippen LogP) is 0.335. The molecule has 0 heterocycles. The van der Waals surface area contributed by atoms with Crippen LogP contribution < -0.4 is 0 Å². The third-order valence-corrected chi connectivity index (χ3v) is 2.15. The second-order valence-corrected chi connectivity index (χ2v) is 2.95. The summed E-state index contributed by atoms with van der Waals surface area (Å²) in [4.78, 5) is 31.2. The fourth-order valence-corrected chi connectivity index (χ4v) is 1.36. The third kappa shape index (κ3) is 1.89. The average Bonchev–Trinajstić information content (AvgIpc) is 2.16. The molecule has 0 aromatic heterocycles. The zero-order chi connectivity index (χ0) is 11.6. The zero-order valence-electron chi connectivity index (χ0n) is 7.77. The zero-order valence-corrected chi connectivity index (χ0v) is 8.59. The van der Waals surface area contributed by atoms with Crippen molar-refractivity contribution in [3.8, 4) is 0 Å². The first-order valence-electron chi connectivity index (χ1n) is 3.89. The van der Waals surface area contributed by atoms with Crippen molar-refractivity contribution in [2.75, 3.05) is 0 Å². The van der Waals surface area contributed by atoms with Crippen LogP contribution >= 0.6 is 12.4 Å². The maximum atomic E-state index is 10.8. The molecule has 0 spiro atoms. The smallest absolute Gasteiger partial charge is 0.388 e. The minimum Gasteiger partial charge on any atom is -0.481 e. The van der Waals surface area contributed by atoms with Crippen LogP contribution in [0.15, 0.2) is 24.3 Å². The van der Waals surface area contributed by atoms with Crippen molar-refractivity contribution in [3.63, 3.8) is 0 Å². The van der Waals surface area contributed by atoms with E-state index in [2.05, 4.69) is 0 Å². The Kier molecular flexibility index (Phi) is 4.19. The van der Waals surface area contributed by atoms with Crippen molar-refractivity contribution < 1.29 is 24.7 Å². The van der Waals surface area contributed by atoms with Crippen LogP contribution in [0.2, 0.25) is 0 Å². The molecule has 1 rings (SSSR count). The van der Waals surface area contributed by atoms with Crippen LogP contribution in [0.5, 0.6) is 0 Å². The lowest BCUT2D eigenvalue weighted by atomic mass is 9.81. The van der Waals surface area contributed by atoms with Crippen LogP contribution in [-0.4, -0.2) is 32.6 Å². The lowest BCUT2D eigenvalue weighted by Gasteiger charge is -2.23. The van der Waals surface area contributed by atoms with Crippen molar-refractivity contribution in [2.45, 2.75) is 5.54 Å². The summed E-state index contributed by atoms with van der Waals surface area (Å²) < 4.78 is 0. The monoisotopic (exact) mass is 249 g/mol. The average molecular weight is 250 g/mol. The van der Waals surface area contributed by atoms with Gasteiger partial charge in [-0.3, -0.25) is 14.9 Å². The third-order valence-electron chi connectivity index (χ3n) is 2.15. The van der Waals surface area contributed by atoms with Gasteiger partial charge in [-0.2, -0.15) is 0 Å². The highest BCUT2D eigenvalue weighted by molar-refractivity contribution is 5.89. The van der Waals surface area contributed by atoms with Gasteiger partial charge >= 0.3 is 17.5 Å². The molecule has 0 saturated heterocycles. The molecule has 2 N–H and O–H groups in total. The topological polar surface area (TPSA) is 118 Å². The molecule has 0 amide bonds. The highest BCUT2D eigenvalue weighted by atomic mass is 35.5. The predicted molar refractivity (Wildman–Crippen MR) is 54.0 cm³/mol. The molecule has 0 fully saturated rings. The van der Waals surface area contributed by atoms with E-state index in [4.69, 9.17) is 10.2 Å². The Morgan fingerprint density at radius 2 is 1.88 bits per heavy atom. The number of rotatable bonds is 3. The molecule has 0 aromatic carbocycles. The first-order chi connectivity index (χ1) is 6.93. The molecule has 16 heavy (non-hydrogen) atoms. The van der Waals surface area contributed by atoms with E-state index in [9.17, 15) is 19.7 Å². The minimum atomic E-state index is -2.61. The molecule has 0 saturated carbocycles. The van der Waals surface area contributed by atoms with E-state index < -0.39 is 28.3 Å². The quantitative estimate of drug-likeness (QED) is 0.550. The van der Waals surface area contributed by atoms with Crippen LogP contribution in [0, 0.1) is 16.0 Å². The summed E-state index contributed by atoms with van der Waals surface area (Å²) in [5.74, 6) is -5.04. The Morgan fingerprint density at radius 1 is 1.31 bits per heavy atom. The normalized spacial score (nSPS) is 26.9. The fourth-order valence-electron chi connectivity index (χ4n) is 1.36. The number of allylic oxidation sites excluding steroid dienone is 2. The Hall–Kier alpha value is -1.89. The number of carboxylic acid groups (broad SMARTS) is 2. The highest BCUT2D eigenvalue weighted by Gasteiger charge is 2.59. The van der Waals surface area contributed by atoms with Gasteiger partial charge in [0.25, 0.3) is 0 Å². The molecular formula is C8H8ClNO6. The van der Waals surface area contributed by atoms with Crippen LogP contribution in [-0.2, 0) is 9.59 Å². The summed E-state index contributed by atoms with van der Waals surface area (Å²) in [5.41, 5.74) is -2.61. The molecule has 0 aliphatic heterocycles. The van der Waals surface area contributed by atoms with E-state index in [0.29, 0.717) is 0 Å². The van der Waals surface area contributed by atoms with Gasteiger partial charge in [0.2, 0.25) is 0 Å². The maximum absolute atomic E-state index is 10.8. The summed E-state index contributed by atoms with van der Waals surface area (Å²) in [6.45, 7) is 0. The largest absolute Gasteiger partial charge is 0.481 e. The summed E-state index contributed by atoms with van der Waals surface area (Å²) in [7, 11) is 0. The van der Waals surface area contributed by atoms with Gasteiger partial charge in [-0.25, -0.2) is 4.79 Å². The van der Waals surface area contributed by atoms with Crippen LogP contribution in [0.1, 0.15) is 0 Å². The van der Waals surface area contributed by atoms with E-state index in [0.717, 1.165) is 18.2 Å². The first kappa shape index (κ1) is 14.1. The second kappa shape index (κ2) is 4.75. The lowest BCUT2D eigenvalue weighted by molar-refractivity contribution is -0.546. The number of hydrogen-bond donors (Lipinski definition) is 2. The number of carboxylic acids is 2. The number of carbonyl (C=O) groups is 2. The Bertz CT molecular complexity index is 374.